The zero-order valence-electron chi connectivity index (χ0n) is 13.6. The SMILES string of the molecule is COc1c2cc(C(C)C(C)C3=C[C@H](C)C=CC=C3)c(C)c1-2. The molecule has 21 heavy (non-hydrogen) atoms. The molecule has 0 saturated heterocycles. The summed E-state index contributed by atoms with van der Waals surface area (Å²) in [6, 6.07) is 2.33. The van der Waals surface area contributed by atoms with Gasteiger partial charge in [0.05, 0.1) is 7.11 Å². The third-order valence-corrected chi connectivity index (χ3v) is 5.03. The molecule has 3 aliphatic carbocycles. The molecule has 0 saturated carbocycles. The summed E-state index contributed by atoms with van der Waals surface area (Å²) in [5.41, 5.74) is 7.01. The second kappa shape index (κ2) is 5.22. The van der Waals surface area contributed by atoms with Gasteiger partial charge in [0.1, 0.15) is 5.75 Å². The van der Waals surface area contributed by atoms with Crippen LogP contribution in [0, 0.1) is 18.8 Å². The van der Waals surface area contributed by atoms with Gasteiger partial charge in [-0.3, -0.25) is 0 Å². The van der Waals surface area contributed by atoms with Crippen LogP contribution in [-0.2, 0) is 0 Å². The second-order valence-corrected chi connectivity index (χ2v) is 6.39. The Labute approximate surface area is 128 Å². The van der Waals surface area contributed by atoms with E-state index >= 15 is 0 Å². The Hall–Kier alpha value is -1.76. The predicted octanol–water partition coefficient (Wildman–Crippen LogP) is 5.41. The maximum absolute atomic E-state index is 5.38. The third-order valence-electron chi connectivity index (χ3n) is 5.03. The zero-order chi connectivity index (χ0) is 15.1. The van der Waals surface area contributed by atoms with E-state index in [1.165, 1.54) is 27.8 Å². The van der Waals surface area contributed by atoms with E-state index < -0.39 is 0 Å². The first-order valence-corrected chi connectivity index (χ1v) is 7.83. The van der Waals surface area contributed by atoms with Gasteiger partial charge in [0.25, 0.3) is 0 Å². The van der Waals surface area contributed by atoms with Crippen LogP contribution in [0.2, 0.25) is 0 Å². The van der Waals surface area contributed by atoms with E-state index in [0.717, 1.165) is 5.75 Å². The number of benzene rings is 1. The van der Waals surface area contributed by atoms with E-state index in [0.29, 0.717) is 17.8 Å². The van der Waals surface area contributed by atoms with Gasteiger partial charge in [-0.2, -0.15) is 0 Å². The van der Waals surface area contributed by atoms with E-state index in [-0.39, 0.29) is 0 Å². The molecule has 3 rings (SSSR count). The lowest BCUT2D eigenvalue weighted by atomic mass is 9.82. The summed E-state index contributed by atoms with van der Waals surface area (Å²) >= 11 is 0. The molecule has 0 spiro atoms. The van der Waals surface area contributed by atoms with Crippen molar-refractivity contribution in [2.45, 2.75) is 33.6 Å². The third kappa shape index (κ3) is 2.35. The number of hydrogen-bond donors (Lipinski definition) is 0. The Morgan fingerprint density at radius 1 is 1.14 bits per heavy atom. The molecule has 0 fully saturated rings. The molecule has 0 N–H and O–H groups in total. The van der Waals surface area contributed by atoms with Crippen LogP contribution in [-0.4, -0.2) is 7.11 Å². The van der Waals surface area contributed by atoms with Crippen LogP contribution in [0.1, 0.15) is 37.8 Å². The normalized spacial score (nSPS) is 21.6. The van der Waals surface area contributed by atoms with E-state index in [1.54, 1.807) is 7.11 Å². The fraction of sp³-hybridized carbons (Fsp3) is 0.400. The fourth-order valence-electron chi connectivity index (χ4n) is 3.47. The molecule has 3 aliphatic rings. The Morgan fingerprint density at radius 3 is 2.52 bits per heavy atom. The van der Waals surface area contributed by atoms with Crippen LogP contribution in [0.3, 0.4) is 0 Å². The van der Waals surface area contributed by atoms with Gasteiger partial charge in [0.2, 0.25) is 0 Å². The molecular weight excluding hydrogens is 256 g/mol. The maximum atomic E-state index is 5.38. The molecule has 3 atom stereocenters. The van der Waals surface area contributed by atoms with Gasteiger partial charge in [-0.05, 0) is 47.4 Å². The number of ether oxygens (including phenoxy) is 1. The van der Waals surface area contributed by atoms with E-state index in [9.17, 15) is 0 Å². The predicted molar refractivity (Wildman–Crippen MR) is 89.8 cm³/mol. The summed E-state index contributed by atoms with van der Waals surface area (Å²) in [5.74, 6) is 2.66. The standard InChI is InChI=1S/C20H24O/c1-12-8-6-7-9-16(10-12)13(2)14(3)17-11-18-19(15(17)4)20(18)21-5/h6-14H,1-5H3/t12-,13?,14?/m1/s1. The Bertz CT molecular complexity index is 661. The average molecular weight is 280 g/mol. The molecule has 0 heterocycles. The lowest BCUT2D eigenvalue weighted by Crippen LogP contribution is -2.09. The van der Waals surface area contributed by atoms with Crippen molar-refractivity contribution in [3.8, 4) is 16.9 Å². The van der Waals surface area contributed by atoms with Crippen LogP contribution in [0.5, 0.6) is 5.75 Å². The maximum Gasteiger partial charge on any atom is 0.135 e. The minimum Gasteiger partial charge on any atom is -0.495 e. The smallest absolute Gasteiger partial charge is 0.135 e. The zero-order valence-corrected chi connectivity index (χ0v) is 13.6. The first-order chi connectivity index (χ1) is 10.0. The number of methoxy groups -OCH3 is 1. The molecule has 0 radical (unpaired) electrons. The molecule has 0 aromatic rings. The molecule has 1 heteroatoms. The fourth-order valence-corrected chi connectivity index (χ4v) is 3.47. The Kier molecular flexibility index (Phi) is 3.52. The van der Waals surface area contributed by atoms with E-state index in [4.69, 9.17) is 4.74 Å². The van der Waals surface area contributed by atoms with Crippen molar-refractivity contribution in [3.05, 3.63) is 53.1 Å². The molecule has 1 nitrogen and oxygen atoms in total. The molecule has 0 bridgehead atoms. The summed E-state index contributed by atoms with van der Waals surface area (Å²) in [6.45, 7) is 9.15. The second-order valence-electron chi connectivity index (χ2n) is 6.39. The summed E-state index contributed by atoms with van der Waals surface area (Å²) in [7, 11) is 1.76. The van der Waals surface area contributed by atoms with Gasteiger partial charge < -0.3 is 4.74 Å². The molecule has 2 unspecified atom stereocenters. The van der Waals surface area contributed by atoms with Crippen molar-refractivity contribution in [3.63, 3.8) is 0 Å². The van der Waals surface area contributed by atoms with Crippen molar-refractivity contribution < 1.29 is 4.74 Å². The Morgan fingerprint density at radius 2 is 1.90 bits per heavy atom. The van der Waals surface area contributed by atoms with Crippen LogP contribution in [0.25, 0.3) is 11.1 Å². The van der Waals surface area contributed by atoms with Crippen molar-refractivity contribution in [2.75, 3.05) is 7.11 Å². The van der Waals surface area contributed by atoms with Gasteiger partial charge >= 0.3 is 0 Å². The van der Waals surface area contributed by atoms with Crippen molar-refractivity contribution in [2.24, 2.45) is 11.8 Å². The lowest BCUT2D eigenvalue weighted by molar-refractivity contribution is 0.430. The molecule has 0 amide bonds. The van der Waals surface area contributed by atoms with E-state index in [1.807, 2.05) is 0 Å². The van der Waals surface area contributed by atoms with E-state index in [2.05, 4.69) is 64.1 Å². The highest BCUT2D eigenvalue weighted by molar-refractivity contribution is 5.99. The number of allylic oxidation sites excluding steroid dienone is 6. The molecule has 0 aromatic carbocycles. The van der Waals surface area contributed by atoms with Gasteiger partial charge in [0, 0.05) is 11.1 Å². The van der Waals surface area contributed by atoms with Gasteiger partial charge in [-0.15, -0.1) is 0 Å². The lowest BCUT2D eigenvalue weighted by Gasteiger charge is -2.22. The van der Waals surface area contributed by atoms with Crippen LogP contribution in [0.4, 0.5) is 0 Å². The van der Waals surface area contributed by atoms with Gasteiger partial charge in [0.15, 0.2) is 0 Å². The molecular formula is C20H24O. The highest BCUT2D eigenvalue weighted by Gasteiger charge is 2.33. The van der Waals surface area contributed by atoms with Crippen LogP contribution >= 0.6 is 0 Å². The largest absolute Gasteiger partial charge is 0.495 e. The van der Waals surface area contributed by atoms with Crippen LogP contribution < -0.4 is 4.74 Å². The number of fused-ring (bicyclic) bond motifs is 1. The molecule has 0 aliphatic heterocycles. The van der Waals surface area contributed by atoms with Crippen molar-refractivity contribution in [1.82, 2.24) is 0 Å². The highest BCUT2D eigenvalue weighted by atomic mass is 16.5. The molecule has 0 aromatic heterocycles. The Balaban J connectivity index is 1.85. The minimum atomic E-state index is 0.512. The minimum absolute atomic E-state index is 0.512. The van der Waals surface area contributed by atoms with Crippen molar-refractivity contribution >= 4 is 0 Å². The first-order valence-electron chi connectivity index (χ1n) is 7.83. The summed E-state index contributed by atoms with van der Waals surface area (Å²) in [4.78, 5) is 0. The number of hydrogen-bond acceptors (Lipinski definition) is 1. The summed E-state index contributed by atoms with van der Waals surface area (Å²) in [6.07, 6.45) is 11.2. The average Bonchev–Trinajstić information content (AvgIpc) is 3.13. The van der Waals surface area contributed by atoms with Gasteiger partial charge in [-0.1, -0.05) is 51.2 Å². The molecule has 110 valence electrons. The summed E-state index contributed by atoms with van der Waals surface area (Å²) in [5, 5.41) is 0. The van der Waals surface area contributed by atoms with Crippen LogP contribution in [0.15, 0.2) is 42.0 Å². The number of rotatable bonds is 4. The summed E-state index contributed by atoms with van der Waals surface area (Å²) < 4.78 is 5.38. The van der Waals surface area contributed by atoms with Gasteiger partial charge in [-0.25, -0.2) is 0 Å². The quantitative estimate of drug-likeness (QED) is 0.727. The highest BCUT2D eigenvalue weighted by Crippen LogP contribution is 2.57. The van der Waals surface area contributed by atoms with Crippen molar-refractivity contribution in [1.29, 1.82) is 0 Å². The first kappa shape index (κ1) is 14.2. The monoisotopic (exact) mass is 280 g/mol. The topological polar surface area (TPSA) is 9.23 Å².